The molecule has 0 N–H and O–H groups in total. The zero-order chi connectivity index (χ0) is 15.4. The largest absolute Gasteiger partial charge is 0.481 e. The van der Waals surface area contributed by atoms with E-state index >= 15 is 0 Å². The minimum absolute atomic E-state index is 0. The first-order valence-electron chi connectivity index (χ1n) is 6.45. The van der Waals surface area contributed by atoms with Crippen molar-refractivity contribution in [2.24, 2.45) is 7.05 Å². The quantitative estimate of drug-likeness (QED) is 0.384. The van der Waals surface area contributed by atoms with E-state index in [0.717, 1.165) is 22.6 Å². The standard InChI is InChI=1S/C17H15INO2.Y/c1-4-5-10-21-13-6-7-14(12(2)11-13)16-9-8-15(18)17(20)19(16)3;/h6-8,11H,10H2,1-3H3;/q-1;. The van der Waals surface area contributed by atoms with E-state index in [9.17, 15) is 4.79 Å². The Bertz CT molecular complexity index is 787. The molecule has 111 valence electrons. The Kier molecular flexibility index (Phi) is 7.81. The minimum Gasteiger partial charge on any atom is -0.481 e. The molecule has 22 heavy (non-hydrogen) atoms. The number of nitrogens with zero attached hydrogens (tertiary/aromatic N) is 1. The van der Waals surface area contributed by atoms with E-state index in [1.54, 1.807) is 24.6 Å². The van der Waals surface area contributed by atoms with Crippen molar-refractivity contribution in [3.05, 3.63) is 49.8 Å². The zero-order valence-corrected chi connectivity index (χ0v) is 17.7. The summed E-state index contributed by atoms with van der Waals surface area (Å²) in [5, 5.41) is 0. The van der Waals surface area contributed by atoms with Gasteiger partial charge < -0.3 is 9.30 Å². The summed E-state index contributed by atoms with van der Waals surface area (Å²) in [7, 11) is 1.76. The summed E-state index contributed by atoms with van der Waals surface area (Å²) in [5.41, 5.74) is 2.77. The van der Waals surface area contributed by atoms with Gasteiger partial charge in [-0.2, -0.15) is 12.1 Å². The molecule has 1 radical (unpaired) electrons. The Morgan fingerprint density at radius 1 is 1.41 bits per heavy atom. The van der Waals surface area contributed by atoms with Crippen LogP contribution in [0.3, 0.4) is 0 Å². The first-order chi connectivity index (χ1) is 10.0. The number of aryl methyl sites for hydroxylation is 1. The molecule has 0 saturated heterocycles. The van der Waals surface area contributed by atoms with Crippen molar-refractivity contribution in [2.75, 3.05) is 6.61 Å². The molecule has 0 atom stereocenters. The summed E-state index contributed by atoms with van der Waals surface area (Å²) in [6, 6.07) is 10.7. The van der Waals surface area contributed by atoms with Crippen LogP contribution in [0, 0.1) is 28.4 Å². The van der Waals surface area contributed by atoms with E-state index in [-0.39, 0.29) is 38.3 Å². The Morgan fingerprint density at radius 3 is 2.77 bits per heavy atom. The van der Waals surface area contributed by atoms with Crippen LogP contribution in [0.2, 0.25) is 0 Å². The number of aromatic nitrogens is 1. The second kappa shape index (κ2) is 8.86. The summed E-state index contributed by atoms with van der Waals surface area (Å²) in [6.07, 6.45) is 0. The van der Waals surface area contributed by atoms with Crippen LogP contribution >= 0.6 is 22.6 Å². The number of halogens is 1. The zero-order valence-electron chi connectivity index (χ0n) is 12.7. The van der Waals surface area contributed by atoms with E-state index in [1.165, 1.54) is 0 Å². The average Bonchev–Trinajstić information content (AvgIpc) is 2.46. The van der Waals surface area contributed by atoms with Gasteiger partial charge in [0, 0.05) is 39.8 Å². The van der Waals surface area contributed by atoms with Gasteiger partial charge in [0.25, 0.3) is 0 Å². The van der Waals surface area contributed by atoms with E-state index in [1.807, 2.05) is 47.7 Å². The maximum Gasteiger partial charge on any atom is 0.207 e. The summed E-state index contributed by atoms with van der Waals surface area (Å²) in [4.78, 5) is 12.0. The molecule has 0 aliphatic rings. The molecule has 0 bridgehead atoms. The van der Waals surface area contributed by atoms with Crippen LogP contribution in [-0.4, -0.2) is 11.2 Å². The maximum absolute atomic E-state index is 12.0. The molecule has 0 spiro atoms. The molecule has 1 aromatic heterocycles. The van der Waals surface area contributed by atoms with Crippen LogP contribution in [0.4, 0.5) is 0 Å². The fourth-order valence-corrected chi connectivity index (χ4v) is 2.51. The summed E-state index contributed by atoms with van der Waals surface area (Å²) in [5.74, 6) is 6.42. The Morgan fingerprint density at radius 2 is 2.14 bits per heavy atom. The van der Waals surface area contributed by atoms with Crippen LogP contribution in [-0.2, 0) is 39.8 Å². The summed E-state index contributed by atoms with van der Waals surface area (Å²) in [6.45, 7) is 4.15. The molecule has 0 fully saturated rings. The fourth-order valence-electron chi connectivity index (χ4n) is 1.99. The molecule has 2 aromatic rings. The predicted molar refractivity (Wildman–Crippen MR) is 92.4 cm³/mol. The number of rotatable bonds is 3. The second-order valence-electron chi connectivity index (χ2n) is 4.54. The van der Waals surface area contributed by atoms with Crippen LogP contribution in [0.5, 0.6) is 5.75 Å². The number of benzene rings is 1. The third kappa shape index (κ3) is 4.44. The van der Waals surface area contributed by atoms with Gasteiger partial charge in [0.15, 0.2) is 0 Å². The molecule has 0 aliphatic carbocycles. The Hall–Kier alpha value is -0.636. The maximum atomic E-state index is 12.0. The number of ether oxygens (including phenoxy) is 1. The van der Waals surface area contributed by atoms with Crippen molar-refractivity contribution in [3.8, 4) is 28.8 Å². The SMILES string of the molecule is CC#CCOc1ccc(-c2[c-]cc(I)c(=O)n2C)c(C)c1.[Y]. The number of hydrogen-bond donors (Lipinski definition) is 0. The van der Waals surface area contributed by atoms with Crippen LogP contribution in [0.1, 0.15) is 12.5 Å². The van der Waals surface area contributed by atoms with Crippen molar-refractivity contribution >= 4 is 22.6 Å². The molecule has 3 nitrogen and oxygen atoms in total. The van der Waals surface area contributed by atoms with Gasteiger partial charge in [-0.25, -0.2) is 0 Å². The minimum atomic E-state index is -0.0118. The fraction of sp³-hybridized carbons (Fsp3) is 0.235. The Labute approximate surface area is 169 Å². The van der Waals surface area contributed by atoms with Crippen molar-refractivity contribution in [3.63, 3.8) is 0 Å². The van der Waals surface area contributed by atoms with Crippen molar-refractivity contribution in [1.82, 2.24) is 4.57 Å². The molecule has 0 unspecified atom stereocenters. The van der Waals surface area contributed by atoms with Crippen molar-refractivity contribution < 1.29 is 37.4 Å². The molecule has 1 heterocycles. The van der Waals surface area contributed by atoms with Gasteiger partial charge in [0.1, 0.15) is 12.4 Å². The van der Waals surface area contributed by atoms with Crippen LogP contribution in [0.15, 0.2) is 29.1 Å². The van der Waals surface area contributed by atoms with Gasteiger partial charge in [0.05, 0.1) is 0 Å². The van der Waals surface area contributed by atoms with Gasteiger partial charge in [-0.3, -0.25) is 4.79 Å². The first-order valence-corrected chi connectivity index (χ1v) is 7.53. The smallest absolute Gasteiger partial charge is 0.207 e. The van der Waals surface area contributed by atoms with Gasteiger partial charge in [-0.15, -0.1) is 34.6 Å². The van der Waals surface area contributed by atoms with Gasteiger partial charge in [0.2, 0.25) is 5.56 Å². The molecule has 0 saturated carbocycles. The van der Waals surface area contributed by atoms with Gasteiger partial charge in [-0.1, -0.05) is 29.7 Å². The molecular formula is C17H15INO2Y-. The molecular weight excluding hydrogens is 466 g/mol. The molecule has 5 heteroatoms. The van der Waals surface area contributed by atoms with E-state index < -0.39 is 0 Å². The van der Waals surface area contributed by atoms with Gasteiger partial charge >= 0.3 is 0 Å². The third-order valence-corrected chi connectivity index (χ3v) is 3.89. The van der Waals surface area contributed by atoms with Crippen LogP contribution in [0.25, 0.3) is 11.3 Å². The number of hydrogen-bond acceptors (Lipinski definition) is 2. The first kappa shape index (κ1) is 19.4. The molecule has 1 aromatic carbocycles. The molecule has 0 amide bonds. The molecule has 0 aliphatic heterocycles. The normalized spacial score (nSPS) is 9.45. The van der Waals surface area contributed by atoms with Crippen LogP contribution < -0.4 is 10.3 Å². The topological polar surface area (TPSA) is 31.2 Å². The Balaban J connectivity index is 0.00000242. The average molecular weight is 481 g/mol. The summed E-state index contributed by atoms with van der Waals surface area (Å²) < 4.78 is 7.82. The summed E-state index contributed by atoms with van der Waals surface area (Å²) >= 11 is 2.02. The van der Waals surface area contributed by atoms with Gasteiger partial charge in [-0.05, 0) is 22.6 Å². The van der Waals surface area contributed by atoms with E-state index in [4.69, 9.17) is 4.74 Å². The van der Waals surface area contributed by atoms with Crippen molar-refractivity contribution in [1.29, 1.82) is 0 Å². The van der Waals surface area contributed by atoms with E-state index in [2.05, 4.69) is 17.9 Å². The predicted octanol–water partition coefficient (Wildman–Crippen LogP) is 3.17. The molecule has 2 rings (SSSR count). The van der Waals surface area contributed by atoms with Crippen molar-refractivity contribution in [2.45, 2.75) is 13.8 Å². The number of pyridine rings is 1. The third-order valence-electron chi connectivity index (χ3n) is 3.12. The van der Waals surface area contributed by atoms with E-state index in [0.29, 0.717) is 10.2 Å². The monoisotopic (exact) mass is 481 g/mol. The second-order valence-corrected chi connectivity index (χ2v) is 5.70.